The molecule has 0 bridgehead atoms. The molecule has 0 fully saturated rings. The molecule has 6 heteroatoms. The standard InChI is InChI=1S/C14H13BClN3O/c1-19(15-9-17)6-2-3-10(8-19)14-18-12-7-11(16)4-5-13(12)20-14/h3-5,7H,2,6,8H2,1H3/q+1. The van der Waals surface area contributed by atoms with E-state index in [0.29, 0.717) is 21.9 Å². The highest BCUT2D eigenvalue weighted by Crippen LogP contribution is 2.27. The minimum absolute atomic E-state index is 0.585. The molecule has 0 saturated carbocycles. The average Bonchev–Trinajstić information content (AvgIpc) is 2.81. The van der Waals surface area contributed by atoms with Gasteiger partial charge in [0.15, 0.2) is 5.58 Å². The largest absolute Gasteiger partial charge is 0.577 e. The molecular weight excluding hydrogens is 272 g/mol. The number of hydrogen-bond acceptors (Lipinski definition) is 3. The molecule has 0 aliphatic carbocycles. The quantitative estimate of drug-likeness (QED) is 0.797. The number of aromatic nitrogens is 1. The Morgan fingerprint density at radius 1 is 1.50 bits per heavy atom. The Morgan fingerprint density at radius 2 is 2.35 bits per heavy atom. The van der Waals surface area contributed by atoms with Crippen LogP contribution in [-0.2, 0) is 0 Å². The van der Waals surface area contributed by atoms with E-state index in [-0.39, 0.29) is 0 Å². The van der Waals surface area contributed by atoms with Gasteiger partial charge in [0.1, 0.15) is 5.52 Å². The zero-order valence-corrected chi connectivity index (χ0v) is 11.9. The lowest BCUT2D eigenvalue weighted by Gasteiger charge is -2.35. The van der Waals surface area contributed by atoms with Crippen LogP contribution in [-0.4, -0.2) is 36.9 Å². The molecule has 1 unspecified atom stereocenters. The molecule has 4 nitrogen and oxygen atoms in total. The molecule has 1 aromatic carbocycles. The number of quaternary nitrogens is 1. The van der Waals surface area contributed by atoms with Crippen molar-refractivity contribution in [1.82, 2.24) is 4.98 Å². The molecule has 1 aliphatic rings. The van der Waals surface area contributed by atoms with Crippen molar-refractivity contribution in [2.45, 2.75) is 6.42 Å². The van der Waals surface area contributed by atoms with Gasteiger partial charge in [-0.1, -0.05) is 17.7 Å². The molecule has 2 aromatic rings. The van der Waals surface area contributed by atoms with Crippen molar-refractivity contribution in [2.75, 3.05) is 20.1 Å². The number of fused-ring (bicyclic) bond motifs is 1. The Morgan fingerprint density at radius 3 is 3.15 bits per heavy atom. The summed E-state index contributed by atoms with van der Waals surface area (Å²) < 4.78 is 6.37. The van der Waals surface area contributed by atoms with E-state index < -0.39 is 0 Å². The topological polar surface area (TPSA) is 49.8 Å². The number of nitrogens with zero attached hydrogens (tertiary/aromatic N) is 3. The molecule has 0 amide bonds. The van der Waals surface area contributed by atoms with Gasteiger partial charge in [0.2, 0.25) is 5.89 Å². The van der Waals surface area contributed by atoms with Crippen LogP contribution in [0.1, 0.15) is 12.3 Å². The minimum atomic E-state index is 0.585. The summed E-state index contributed by atoms with van der Waals surface area (Å²) in [7, 11) is 3.70. The number of nitriles is 1. The number of rotatable bonds is 2. The highest BCUT2D eigenvalue weighted by molar-refractivity contribution is 6.36. The third-order valence-electron chi connectivity index (χ3n) is 3.56. The van der Waals surface area contributed by atoms with Gasteiger partial charge >= 0.3 is 7.41 Å². The van der Waals surface area contributed by atoms with Crippen LogP contribution < -0.4 is 0 Å². The summed E-state index contributed by atoms with van der Waals surface area (Å²) in [5.41, 5.74) is 2.53. The zero-order chi connectivity index (χ0) is 14.2. The summed E-state index contributed by atoms with van der Waals surface area (Å²) >= 11 is 5.96. The Bertz CT molecular complexity index is 734. The second kappa shape index (κ2) is 4.97. The Balaban J connectivity index is 1.95. The van der Waals surface area contributed by atoms with Gasteiger partial charge in [0, 0.05) is 11.4 Å². The SMILES string of the molecule is C[N+]1([B]C#N)CCC=C(c2nc3cc(Cl)ccc3o2)C1. The van der Waals surface area contributed by atoms with E-state index in [1.807, 2.05) is 13.1 Å². The molecule has 20 heavy (non-hydrogen) atoms. The monoisotopic (exact) mass is 285 g/mol. The first-order chi connectivity index (χ1) is 9.59. The highest BCUT2D eigenvalue weighted by Gasteiger charge is 2.31. The molecule has 3 rings (SSSR count). The fourth-order valence-electron chi connectivity index (χ4n) is 2.51. The fraction of sp³-hybridized carbons (Fsp3) is 0.286. The second-order valence-corrected chi connectivity index (χ2v) is 5.70. The van der Waals surface area contributed by atoms with E-state index in [4.69, 9.17) is 21.3 Å². The molecule has 1 atom stereocenters. The van der Waals surface area contributed by atoms with Crippen molar-refractivity contribution in [3.05, 3.63) is 35.2 Å². The third kappa shape index (κ3) is 2.45. The molecule has 0 spiro atoms. The van der Waals surface area contributed by atoms with Gasteiger partial charge in [0.25, 0.3) is 0 Å². The molecular formula is C14H13BClN3O+. The van der Waals surface area contributed by atoms with Crippen LogP contribution in [0.15, 0.2) is 28.7 Å². The molecule has 0 saturated heterocycles. The van der Waals surface area contributed by atoms with E-state index in [1.165, 1.54) is 0 Å². The summed E-state index contributed by atoms with van der Waals surface area (Å²) in [5, 5.41) is 9.54. The molecule has 99 valence electrons. The number of benzene rings is 1. The van der Waals surface area contributed by atoms with Crippen LogP contribution in [0.2, 0.25) is 5.02 Å². The summed E-state index contributed by atoms with van der Waals surface area (Å²) in [6.07, 6.45) is 3.04. The maximum Gasteiger partial charge on any atom is 0.577 e. The first-order valence-electron chi connectivity index (χ1n) is 6.43. The first kappa shape index (κ1) is 13.2. The number of halogens is 1. The van der Waals surface area contributed by atoms with Crippen LogP contribution in [0.3, 0.4) is 0 Å². The Kier molecular flexibility index (Phi) is 3.29. The molecule has 1 radical (unpaired) electrons. The summed E-state index contributed by atoms with van der Waals surface area (Å²) in [4.78, 5) is 4.50. The lowest BCUT2D eigenvalue weighted by molar-refractivity contribution is -0.792. The molecule has 2 heterocycles. The van der Waals surface area contributed by atoms with E-state index in [0.717, 1.165) is 29.6 Å². The number of hydrogen-bond donors (Lipinski definition) is 0. The van der Waals surface area contributed by atoms with E-state index in [9.17, 15) is 0 Å². The summed E-state index contributed by atoms with van der Waals surface area (Å²) in [5.74, 6) is 2.76. The zero-order valence-electron chi connectivity index (χ0n) is 11.1. The van der Waals surface area contributed by atoms with Crippen LogP contribution in [0.4, 0.5) is 0 Å². The summed E-state index contributed by atoms with van der Waals surface area (Å²) in [6, 6.07) is 5.41. The van der Waals surface area contributed by atoms with E-state index >= 15 is 0 Å². The van der Waals surface area contributed by atoms with Crippen molar-refractivity contribution in [3.8, 4) is 5.97 Å². The van der Waals surface area contributed by atoms with Crippen LogP contribution >= 0.6 is 11.6 Å². The lowest BCUT2D eigenvalue weighted by atomic mass is 9.86. The van der Waals surface area contributed by atoms with Gasteiger partial charge in [0.05, 0.1) is 31.7 Å². The second-order valence-electron chi connectivity index (χ2n) is 5.27. The maximum atomic E-state index is 8.89. The minimum Gasteiger partial charge on any atom is -0.436 e. The van der Waals surface area contributed by atoms with Crippen molar-refractivity contribution in [1.29, 1.82) is 5.26 Å². The fourth-order valence-corrected chi connectivity index (χ4v) is 2.68. The van der Waals surface area contributed by atoms with Crippen molar-refractivity contribution in [2.24, 2.45) is 0 Å². The summed E-state index contributed by atoms with van der Waals surface area (Å²) in [6.45, 7) is 1.64. The van der Waals surface area contributed by atoms with Crippen LogP contribution in [0, 0.1) is 11.2 Å². The lowest BCUT2D eigenvalue weighted by Crippen LogP contribution is -2.50. The van der Waals surface area contributed by atoms with E-state index in [1.54, 1.807) is 19.5 Å². The molecule has 1 aromatic heterocycles. The third-order valence-corrected chi connectivity index (χ3v) is 3.79. The van der Waals surface area contributed by atoms with Gasteiger partial charge in [-0.15, -0.1) is 0 Å². The normalized spacial score (nSPS) is 22.4. The van der Waals surface area contributed by atoms with Gasteiger partial charge < -0.3 is 8.81 Å². The van der Waals surface area contributed by atoms with E-state index in [2.05, 4.69) is 17.0 Å². The van der Waals surface area contributed by atoms with Gasteiger partial charge in [-0.2, -0.15) is 0 Å². The highest BCUT2D eigenvalue weighted by atomic mass is 35.5. The number of likely N-dealkylation sites (N-methyl/N-ethyl adjacent to an activating group) is 1. The van der Waals surface area contributed by atoms with Gasteiger partial charge in [-0.3, -0.25) is 0 Å². The van der Waals surface area contributed by atoms with Crippen molar-refractivity contribution in [3.63, 3.8) is 0 Å². The Hall–Kier alpha value is -1.77. The van der Waals surface area contributed by atoms with Gasteiger partial charge in [-0.05, 0) is 18.2 Å². The van der Waals surface area contributed by atoms with Gasteiger partial charge in [-0.25, -0.2) is 10.2 Å². The molecule has 0 N–H and O–H groups in total. The average molecular weight is 286 g/mol. The van der Waals surface area contributed by atoms with Crippen LogP contribution in [0.25, 0.3) is 16.7 Å². The van der Waals surface area contributed by atoms with Crippen LogP contribution in [0.5, 0.6) is 0 Å². The maximum absolute atomic E-state index is 8.89. The van der Waals surface area contributed by atoms with Crippen molar-refractivity contribution >= 4 is 35.7 Å². The van der Waals surface area contributed by atoms with Crippen molar-refractivity contribution < 1.29 is 8.81 Å². The Labute approximate surface area is 123 Å². The predicted octanol–water partition coefficient (Wildman–Crippen LogP) is 2.82. The molecule has 1 aliphatic heterocycles. The first-order valence-corrected chi connectivity index (χ1v) is 6.81. The predicted molar refractivity (Wildman–Crippen MR) is 78.9 cm³/mol. The number of oxazole rings is 1. The smallest absolute Gasteiger partial charge is 0.436 e.